The molecule has 3 rings (SSSR count). The Morgan fingerprint density at radius 1 is 0.615 bits per heavy atom. The second kappa shape index (κ2) is 6.93. The van der Waals surface area contributed by atoms with Crippen molar-refractivity contribution in [3.63, 3.8) is 0 Å². The van der Waals surface area contributed by atoms with E-state index in [1.165, 1.54) is 22.4 Å². The second-order valence-electron chi connectivity index (χ2n) is 8.81. The number of hydrogen-bond donors (Lipinski definition) is 0. The van der Waals surface area contributed by atoms with Gasteiger partial charge in [-0.05, 0) is 56.5 Å². The number of hydrazine groups is 1. The van der Waals surface area contributed by atoms with Crippen LogP contribution in [0, 0.1) is 0 Å². The third-order valence-electron chi connectivity index (χ3n) is 4.52. The molecule has 1 aliphatic heterocycles. The van der Waals surface area contributed by atoms with Gasteiger partial charge in [-0.15, -0.1) is 0 Å². The Kier molecular flexibility index (Phi) is 4.99. The molecule has 0 amide bonds. The second-order valence-corrected chi connectivity index (χ2v) is 18.4. The van der Waals surface area contributed by atoms with Gasteiger partial charge in [-0.2, -0.15) is 0 Å². The van der Waals surface area contributed by atoms with E-state index in [0.29, 0.717) is 0 Å². The van der Waals surface area contributed by atoms with Gasteiger partial charge in [0.25, 0.3) is 0 Å². The first kappa shape index (κ1) is 18.7. The minimum absolute atomic E-state index is 1.28. The smallest absolute Gasteiger partial charge is 0.173 e. The van der Waals surface area contributed by atoms with Crippen molar-refractivity contribution in [2.75, 3.05) is 0 Å². The van der Waals surface area contributed by atoms with Gasteiger partial charge in [0, 0.05) is 11.8 Å². The minimum Gasteiger partial charge on any atom is -0.329 e. The summed E-state index contributed by atoms with van der Waals surface area (Å²) in [5.74, 6) is 0. The maximum atomic E-state index is 2.65. The Bertz CT molecular complexity index is 813. The summed E-state index contributed by atoms with van der Waals surface area (Å²) in [5.41, 5.74) is 5.23. The van der Waals surface area contributed by atoms with Crippen LogP contribution in [0.1, 0.15) is 11.1 Å². The van der Waals surface area contributed by atoms with Crippen LogP contribution < -0.4 is 0 Å². The summed E-state index contributed by atoms with van der Waals surface area (Å²) in [7, 11) is -3.23. The topological polar surface area (TPSA) is 6.48 Å². The molecule has 0 saturated heterocycles. The van der Waals surface area contributed by atoms with Crippen LogP contribution in [0.4, 0.5) is 0 Å². The third-order valence-corrected chi connectivity index (χ3v) is 8.15. The van der Waals surface area contributed by atoms with E-state index in [2.05, 4.69) is 122 Å². The van der Waals surface area contributed by atoms with Crippen LogP contribution in [-0.2, 0) is 0 Å². The molecule has 0 aliphatic carbocycles. The van der Waals surface area contributed by atoms with Crippen LogP contribution in [0.3, 0.4) is 0 Å². The lowest BCUT2D eigenvalue weighted by Gasteiger charge is -2.53. The monoisotopic (exact) mass is 378 g/mol. The molecule has 0 fully saturated rings. The van der Waals surface area contributed by atoms with E-state index >= 15 is 0 Å². The number of nitrogens with zero attached hydrogens (tertiary/aromatic N) is 2. The van der Waals surface area contributed by atoms with E-state index in [1.54, 1.807) is 0 Å². The Balaban J connectivity index is 2.30. The van der Waals surface area contributed by atoms with Gasteiger partial charge in [-0.1, -0.05) is 60.7 Å². The minimum atomic E-state index is -1.66. The first-order chi connectivity index (χ1) is 12.2. The highest BCUT2D eigenvalue weighted by molar-refractivity contribution is 6.78. The molecule has 136 valence electrons. The van der Waals surface area contributed by atoms with Crippen molar-refractivity contribution >= 4 is 27.7 Å². The first-order valence-corrected chi connectivity index (χ1v) is 16.2. The Morgan fingerprint density at radius 3 is 1.58 bits per heavy atom. The summed E-state index contributed by atoms with van der Waals surface area (Å²) in [5, 5.41) is 0. The molecule has 0 saturated carbocycles. The van der Waals surface area contributed by atoms with Crippen molar-refractivity contribution in [2.24, 2.45) is 0 Å². The lowest BCUT2D eigenvalue weighted by molar-refractivity contribution is 0.291. The largest absolute Gasteiger partial charge is 0.329 e. The predicted molar refractivity (Wildman–Crippen MR) is 119 cm³/mol. The van der Waals surface area contributed by atoms with E-state index in [1.807, 2.05) is 0 Å². The quantitative estimate of drug-likeness (QED) is 0.578. The molecule has 0 bridgehead atoms. The zero-order valence-corrected chi connectivity index (χ0v) is 18.8. The van der Waals surface area contributed by atoms with Crippen molar-refractivity contribution in [3.8, 4) is 0 Å². The fourth-order valence-electron chi connectivity index (χ4n) is 3.42. The molecular formula is C22H30N2Si2. The van der Waals surface area contributed by atoms with Crippen LogP contribution >= 0.6 is 0 Å². The lowest BCUT2D eigenvalue weighted by Crippen LogP contribution is -2.61. The van der Waals surface area contributed by atoms with E-state index in [4.69, 9.17) is 0 Å². The number of allylic oxidation sites excluding steroid dienone is 2. The molecule has 26 heavy (non-hydrogen) atoms. The Hall–Kier alpha value is -2.05. The van der Waals surface area contributed by atoms with Gasteiger partial charge in [0.05, 0.1) is 5.70 Å². The molecule has 1 heterocycles. The summed E-state index contributed by atoms with van der Waals surface area (Å²) in [6, 6.07) is 21.6. The van der Waals surface area contributed by atoms with Crippen LogP contribution in [0.2, 0.25) is 39.3 Å². The number of benzene rings is 2. The molecule has 0 N–H and O–H groups in total. The fourth-order valence-corrected chi connectivity index (χ4v) is 8.07. The first-order valence-electron chi connectivity index (χ1n) is 9.32. The maximum Gasteiger partial charge on any atom is 0.173 e. The van der Waals surface area contributed by atoms with Crippen molar-refractivity contribution < 1.29 is 0 Å². The summed E-state index contributed by atoms with van der Waals surface area (Å²) in [4.78, 5) is 0. The number of rotatable bonds is 4. The normalized spacial score (nSPS) is 15.6. The molecule has 4 heteroatoms. The van der Waals surface area contributed by atoms with E-state index in [0.717, 1.165) is 0 Å². The van der Waals surface area contributed by atoms with Crippen molar-refractivity contribution in [3.05, 3.63) is 84.1 Å². The maximum absolute atomic E-state index is 2.65. The highest BCUT2D eigenvalue weighted by Crippen LogP contribution is 2.39. The Labute approximate surface area is 160 Å². The zero-order valence-electron chi connectivity index (χ0n) is 16.8. The third kappa shape index (κ3) is 3.71. The molecule has 0 atom stereocenters. The van der Waals surface area contributed by atoms with Gasteiger partial charge in [-0.3, -0.25) is 0 Å². The van der Waals surface area contributed by atoms with Gasteiger partial charge in [-0.25, -0.2) is 0 Å². The van der Waals surface area contributed by atoms with Gasteiger partial charge in [0.1, 0.15) is 0 Å². The average Bonchev–Trinajstić information content (AvgIpc) is 2.60. The highest BCUT2D eigenvalue weighted by atomic mass is 28.3. The van der Waals surface area contributed by atoms with Crippen LogP contribution in [0.15, 0.2) is 72.9 Å². The molecule has 0 aromatic heterocycles. The van der Waals surface area contributed by atoms with Crippen molar-refractivity contribution in [1.29, 1.82) is 0 Å². The Morgan fingerprint density at radius 2 is 1.12 bits per heavy atom. The molecule has 2 aromatic rings. The van der Waals surface area contributed by atoms with Gasteiger partial charge >= 0.3 is 0 Å². The van der Waals surface area contributed by atoms with Crippen LogP contribution in [0.5, 0.6) is 0 Å². The van der Waals surface area contributed by atoms with Crippen LogP contribution in [0.25, 0.3) is 11.3 Å². The summed E-state index contributed by atoms with van der Waals surface area (Å²) in [6.45, 7) is 14.6. The summed E-state index contributed by atoms with van der Waals surface area (Å²) >= 11 is 0. The lowest BCUT2D eigenvalue weighted by atomic mass is 9.99. The average molecular weight is 379 g/mol. The van der Waals surface area contributed by atoms with Gasteiger partial charge in [0.15, 0.2) is 16.5 Å². The molecule has 0 unspecified atom stereocenters. The SMILES string of the molecule is C[Si](C)(C)N1C=CC(c2ccccc2)=C(c2ccccc2)N1[Si](C)(C)C. The molecule has 1 aliphatic rings. The van der Waals surface area contributed by atoms with E-state index in [-0.39, 0.29) is 0 Å². The fraction of sp³-hybridized carbons (Fsp3) is 0.273. The molecule has 2 nitrogen and oxygen atoms in total. The highest BCUT2D eigenvalue weighted by Gasteiger charge is 2.39. The van der Waals surface area contributed by atoms with Crippen molar-refractivity contribution in [1.82, 2.24) is 9.35 Å². The molecule has 0 radical (unpaired) electrons. The van der Waals surface area contributed by atoms with Gasteiger partial charge in [0.2, 0.25) is 0 Å². The number of hydrogen-bond acceptors (Lipinski definition) is 2. The van der Waals surface area contributed by atoms with E-state index < -0.39 is 16.5 Å². The predicted octanol–water partition coefficient (Wildman–Crippen LogP) is 6.27. The summed E-state index contributed by atoms with van der Waals surface area (Å²) < 4.78 is 5.21. The van der Waals surface area contributed by atoms with Crippen molar-refractivity contribution in [2.45, 2.75) is 39.3 Å². The molecule has 2 aromatic carbocycles. The van der Waals surface area contributed by atoms with Crippen LogP contribution in [-0.4, -0.2) is 25.8 Å². The molecule has 0 spiro atoms. The molecular weight excluding hydrogens is 348 g/mol. The van der Waals surface area contributed by atoms with E-state index in [9.17, 15) is 0 Å². The standard InChI is InChI=1S/C22H30N2Si2/c1-25(2,3)23-18-17-21(19-13-9-7-10-14-19)22(24(23)26(4,5)6)20-15-11-8-12-16-20/h7-18H,1-6H3. The zero-order chi connectivity index (χ0) is 18.9. The summed E-state index contributed by atoms with van der Waals surface area (Å²) in [6.07, 6.45) is 4.63. The van der Waals surface area contributed by atoms with Gasteiger partial charge < -0.3 is 9.35 Å².